The summed E-state index contributed by atoms with van der Waals surface area (Å²) in [4.78, 5) is 17.7. The molecule has 0 saturated heterocycles. The minimum absolute atomic E-state index is 0.0480. The molecule has 2 heterocycles. The monoisotopic (exact) mass is 474 g/mol. The predicted octanol–water partition coefficient (Wildman–Crippen LogP) is 5.37. The van der Waals surface area contributed by atoms with Gasteiger partial charge in [0, 0.05) is 6.54 Å². The van der Waals surface area contributed by atoms with Gasteiger partial charge in [-0.15, -0.1) is 0 Å². The van der Waals surface area contributed by atoms with Crippen LogP contribution in [0.15, 0.2) is 54.6 Å². The number of hydrogen-bond donors (Lipinski definition) is 0. The maximum atomic E-state index is 13.5. The average molecular weight is 475 g/mol. The lowest BCUT2D eigenvalue weighted by molar-refractivity contribution is -0.140. The van der Waals surface area contributed by atoms with Crippen LogP contribution in [0.2, 0.25) is 0 Å². The molecule has 0 aromatic heterocycles. The highest BCUT2D eigenvalue weighted by molar-refractivity contribution is 5.83. The Kier molecular flexibility index (Phi) is 6.82. The molecule has 35 heavy (non-hydrogen) atoms. The number of amides is 1. The molecular formula is C29H34N2O4. The van der Waals surface area contributed by atoms with Crippen LogP contribution >= 0.6 is 0 Å². The standard InChI is InChI=1S/C29H34N2O4/c1-4-8-29(35-24-12-11-20-9-6-7-10-21(20)15-24)30(3)27(5-2)31-14-13-22-16-25-26(34-19-33-25)17-23(22)18-28(31)32/h6-7,9-12,15-17,27,29H,4-5,8,13-14,18-19H2,1-3H3. The van der Waals surface area contributed by atoms with Crippen molar-refractivity contribution in [2.24, 2.45) is 0 Å². The number of ether oxygens (including phenoxy) is 3. The molecule has 6 nitrogen and oxygen atoms in total. The van der Waals surface area contributed by atoms with E-state index in [1.54, 1.807) is 0 Å². The molecule has 3 aromatic rings. The Hall–Kier alpha value is -3.25. The van der Waals surface area contributed by atoms with E-state index in [1.807, 2.05) is 35.2 Å². The molecule has 0 fully saturated rings. The topological polar surface area (TPSA) is 51.2 Å². The SMILES string of the molecule is CCCC(Oc1ccc2ccccc2c1)N(C)C(CC)N1CCc2cc3c(cc2CC1=O)OCO3. The Morgan fingerprint density at radius 2 is 1.74 bits per heavy atom. The van der Waals surface area contributed by atoms with Crippen molar-refractivity contribution in [2.45, 2.75) is 58.3 Å². The molecule has 3 aromatic carbocycles. The molecule has 0 saturated carbocycles. The fourth-order valence-corrected chi connectivity index (χ4v) is 5.28. The first-order chi connectivity index (χ1) is 17.1. The van der Waals surface area contributed by atoms with E-state index in [1.165, 1.54) is 10.9 Å². The summed E-state index contributed by atoms with van der Waals surface area (Å²) in [6.07, 6.45) is 3.69. The maximum Gasteiger partial charge on any atom is 0.231 e. The Labute approximate surface area is 207 Å². The van der Waals surface area contributed by atoms with Gasteiger partial charge in [0.15, 0.2) is 17.7 Å². The van der Waals surface area contributed by atoms with Gasteiger partial charge in [-0.2, -0.15) is 0 Å². The second-order valence-electron chi connectivity index (χ2n) is 9.41. The number of fused-ring (bicyclic) bond motifs is 3. The van der Waals surface area contributed by atoms with E-state index < -0.39 is 0 Å². The van der Waals surface area contributed by atoms with Gasteiger partial charge < -0.3 is 19.1 Å². The summed E-state index contributed by atoms with van der Waals surface area (Å²) in [5.74, 6) is 2.51. The van der Waals surface area contributed by atoms with Gasteiger partial charge in [-0.1, -0.05) is 50.6 Å². The largest absolute Gasteiger partial charge is 0.475 e. The highest BCUT2D eigenvalue weighted by atomic mass is 16.7. The quantitative estimate of drug-likeness (QED) is 0.411. The molecule has 6 heteroatoms. The van der Waals surface area contributed by atoms with Gasteiger partial charge in [0.1, 0.15) is 5.75 Å². The Balaban J connectivity index is 1.35. The smallest absolute Gasteiger partial charge is 0.231 e. The molecule has 184 valence electrons. The van der Waals surface area contributed by atoms with Crippen LogP contribution in [0.3, 0.4) is 0 Å². The van der Waals surface area contributed by atoms with Gasteiger partial charge in [-0.05, 0) is 72.5 Å². The van der Waals surface area contributed by atoms with Crippen molar-refractivity contribution in [2.75, 3.05) is 20.4 Å². The van der Waals surface area contributed by atoms with Crippen molar-refractivity contribution in [3.63, 3.8) is 0 Å². The van der Waals surface area contributed by atoms with Crippen molar-refractivity contribution < 1.29 is 19.0 Å². The first kappa shape index (κ1) is 23.5. The van der Waals surface area contributed by atoms with Crippen LogP contribution in [0, 0.1) is 0 Å². The molecule has 1 amide bonds. The summed E-state index contributed by atoms with van der Waals surface area (Å²) < 4.78 is 17.6. The number of benzene rings is 3. The van der Waals surface area contributed by atoms with Crippen LogP contribution < -0.4 is 14.2 Å². The number of carbonyl (C=O) groups is 1. The number of rotatable bonds is 8. The van der Waals surface area contributed by atoms with Gasteiger partial charge in [0.05, 0.1) is 12.6 Å². The summed E-state index contributed by atoms with van der Waals surface area (Å²) in [5, 5.41) is 2.36. The second-order valence-corrected chi connectivity index (χ2v) is 9.41. The van der Waals surface area contributed by atoms with E-state index in [2.05, 4.69) is 50.1 Å². The van der Waals surface area contributed by atoms with Crippen molar-refractivity contribution >= 4 is 16.7 Å². The molecular weight excluding hydrogens is 440 g/mol. The van der Waals surface area contributed by atoms with E-state index >= 15 is 0 Å². The number of carbonyl (C=O) groups excluding carboxylic acids is 1. The second kappa shape index (κ2) is 10.2. The summed E-state index contributed by atoms with van der Waals surface area (Å²) in [6, 6.07) is 18.6. The molecule has 0 spiro atoms. The molecule has 2 unspecified atom stereocenters. The van der Waals surface area contributed by atoms with E-state index in [0.717, 1.165) is 53.9 Å². The minimum Gasteiger partial charge on any atom is -0.475 e. The first-order valence-corrected chi connectivity index (χ1v) is 12.7. The lowest BCUT2D eigenvalue weighted by Crippen LogP contribution is -2.54. The summed E-state index contributed by atoms with van der Waals surface area (Å²) in [6.45, 7) is 5.23. The molecule has 0 bridgehead atoms. The van der Waals surface area contributed by atoms with E-state index in [0.29, 0.717) is 13.0 Å². The first-order valence-electron chi connectivity index (χ1n) is 12.7. The third-order valence-electron chi connectivity index (χ3n) is 7.16. The highest BCUT2D eigenvalue weighted by Gasteiger charge is 2.33. The van der Waals surface area contributed by atoms with Crippen molar-refractivity contribution in [3.8, 4) is 17.2 Å². The van der Waals surface area contributed by atoms with Crippen molar-refractivity contribution in [1.29, 1.82) is 0 Å². The molecule has 2 aliphatic heterocycles. The van der Waals surface area contributed by atoms with Gasteiger partial charge in [0.25, 0.3) is 0 Å². The zero-order valence-corrected chi connectivity index (χ0v) is 20.8. The van der Waals surface area contributed by atoms with Gasteiger partial charge in [-0.3, -0.25) is 9.69 Å². The van der Waals surface area contributed by atoms with Crippen LogP contribution in [0.4, 0.5) is 0 Å². The Morgan fingerprint density at radius 3 is 2.49 bits per heavy atom. The van der Waals surface area contributed by atoms with Gasteiger partial charge in [-0.25, -0.2) is 0 Å². The van der Waals surface area contributed by atoms with Crippen molar-refractivity contribution in [3.05, 3.63) is 65.7 Å². The van der Waals surface area contributed by atoms with Gasteiger partial charge in [0.2, 0.25) is 12.7 Å². The number of nitrogens with zero attached hydrogens (tertiary/aromatic N) is 2. The van der Waals surface area contributed by atoms with E-state index in [4.69, 9.17) is 14.2 Å². The van der Waals surface area contributed by atoms with Gasteiger partial charge >= 0.3 is 0 Å². The van der Waals surface area contributed by atoms with E-state index in [9.17, 15) is 4.79 Å². The minimum atomic E-state index is -0.129. The number of hydrogen-bond acceptors (Lipinski definition) is 5. The highest BCUT2D eigenvalue weighted by Crippen LogP contribution is 2.36. The lowest BCUT2D eigenvalue weighted by Gasteiger charge is -2.40. The Bertz CT molecular complexity index is 1210. The molecule has 2 aliphatic rings. The van der Waals surface area contributed by atoms with Crippen LogP contribution in [-0.4, -0.2) is 48.5 Å². The van der Waals surface area contributed by atoms with Crippen LogP contribution in [0.1, 0.15) is 44.2 Å². The van der Waals surface area contributed by atoms with Crippen LogP contribution in [-0.2, 0) is 17.6 Å². The summed E-state index contributed by atoms with van der Waals surface area (Å²) >= 11 is 0. The molecule has 0 N–H and O–H groups in total. The summed E-state index contributed by atoms with van der Waals surface area (Å²) in [7, 11) is 2.08. The normalized spacial score (nSPS) is 16.8. The molecule has 0 aliphatic carbocycles. The zero-order valence-electron chi connectivity index (χ0n) is 20.8. The predicted molar refractivity (Wildman–Crippen MR) is 137 cm³/mol. The fraction of sp³-hybridized carbons (Fsp3) is 0.414. The molecule has 0 radical (unpaired) electrons. The fourth-order valence-electron chi connectivity index (χ4n) is 5.28. The van der Waals surface area contributed by atoms with Crippen LogP contribution in [0.25, 0.3) is 10.8 Å². The average Bonchev–Trinajstić information content (AvgIpc) is 3.26. The van der Waals surface area contributed by atoms with E-state index in [-0.39, 0.29) is 25.1 Å². The lowest BCUT2D eigenvalue weighted by atomic mass is 10.0. The van der Waals surface area contributed by atoms with Crippen molar-refractivity contribution in [1.82, 2.24) is 9.80 Å². The third-order valence-corrected chi connectivity index (χ3v) is 7.16. The maximum absolute atomic E-state index is 13.5. The third kappa shape index (κ3) is 4.80. The zero-order chi connectivity index (χ0) is 24.4. The van der Waals surface area contributed by atoms with Crippen LogP contribution in [0.5, 0.6) is 17.2 Å². The molecule has 2 atom stereocenters. The summed E-state index contributed by atoms with van der Waals surface area (Å²) in [5.41, 5.74) is 2.21. The molecule has 5 rings (SSSR count). The Morgan fingerprint density at radius 1 is 1.00 bits per heavy atom.